The van der Waals surface area contributed by atoms with Crippen LogP contribution in [0.25, 0.3) is 0 Å². The summed E-state index contributed by atoms with van der Waals surface area (Å²) in [5.74, 6) is 0. The molecule has 75 valence electrons. The van der Waals surface area contributed by atoms with Crippen molar-refractivity contribution >= 4 is 0 Å². The molecular formula is C13H13N2. The van der Waals surface area contributed by atoms with Crippen LogP contribution in [0.5, 0.6) is 0 Å². The van der Waals surface area contributed by atoms with E-state index in [0.717, 1.165) is 17.7 Å². The van der Waals surface area contributed by atoms with Gasteiger partial charge in [0.2, 0.25) is 0 Å². The number of rotatable bonds is 2. The first kappa shape index (κ1) is 9.84. The third-order valence-corrected chi connectivity index (χ3v) is 2.41. The first-order valence-electron chi connectivity index (χ1n) is 4.99. The van der Waals surface area contributed by atoms with E-state index in [0.29, 0.717) is 0 Å². The van der Waals surface area contributed by atoms with Gasteiger partial charge in [-0.25, -0.2) is 9.97 Å². The predicted molar refractivity (Wildman–Crippen MR) is 59.6 cm³/mol. The van der Waals surface area contributed by atoms with Crippen molar-refractivity contribution in [2.45, 2.75) is 20.3 Å². The first-order valence-corrected chi connectivity index (χ1v) is 4.99. The zero-order chi connectivity index (χ0) is 10.7. The van der Waals surface area contributed by atoms with Crippen LogP contribution in [0.3, 0.4) is 0 Å². The molecule has 1 aromatic carbocycles. The van der Waals surface area contributed by atoms with E-state index in [1.54, 1.807) is 0 Å². The van der Waals surface area contributed by atoms with Crippen LogP contribution in [0.15, 0.2) is 30.6 Å². The highest BCUT2D eigenvalue weighted by Gasteiger charge is 2.01. The molecule has 1 heterocycles. The van der Waals surface area contributed by atoms with Gasteiger partial charge in [0.1, 0.15) is 6.33 Å². The lowest BCUT2D eigenvalue weighted by Gasteiger charge is -2.04. The zero-order valence-corrected chi connectivity index (χ0v) is 8.99. The largest absolute Gasteiger partial charge is 0.241 e. The van der Waals surface area contributed by atoms with Crippen molar-refractivity contribution in [1.82, 2.24) is 9.97 Å². The van der Waals surface area contributed by atoms with Gasteiger partial charge in [0.25, 0.3) is 0 Å². The van der Waals surface area contributed by atoms with Crippen LogP contribution in [-0.2, 0) is 6.42 Å². The molecule has 2 heteroatoms. The summed E-state index contributed by atoms with van der Waals surface area (Å²) in [5, 5.41) is 0. The molecule has 15 heavy (non-hydrogen) atoms. The smallest absolute Gasteiger partial charge is 0.116 e. The van der Waals surface area contributed by atoms with Gasteiger partial charge in [0, 0.05) is 17.7 Å². The second kappa shape index (κ2) is 4.22. The van der Waals surface area contributed by atoms with E-state index in [2.05, 4.69) is 47.4 Å². The molecule has 0 aliphatic rings. The van der Waals surface area contributed by atoms with Crippen LogP contribution in [0, 0.1) is 20.0 Å². The second-order valence-corrected chi connectivity index (χ2v) is 3.72. The van der Waals surface area contributed by atoms with Crippen molar-refractivity contribution in [1.29, 1.82) is 0 Å². The average Bonchev–Trinajstić information content (AvgIpc) is 2.22. The van der Waals surface area contributed by atoms with E-state index in [1.807, 2.05) is 6.92 Å². The van der Waals surface area contributed by atoms with Gasteiger partial charge in [-0.15, -0.1) is 0 Å². The molecule has 0 fully saturated rings. The molecule has 0 atom stereocenters. The Morgan fingerprint density at radius 3 is 2.87 bits per heavy atom. The molecule has 0 amide bonds. The topological polar surface area (TPSA) is 25.8 Å². The summed E-state index contributed by atoms with van der Waals surface area (Å²) in [4.78, 5) is 8.08. The lowest BCUT2D eigenvalue weighted by Crippen LogP contribution is -1.96. The minimum atomic E-state index is 0.856. The standard InChI is InChI=1S/C13H13N2/c1-10-4-3-5-12(6-10)7-13-8-14-9-15-11(13)2/h3-6,9H,7H2,1-2H3. The van der Waals surface area contributed by atoms with Gasteiger partial charge < -0.3 is 0 Å². The van der Waals surface area contributed by atoms with Crippen molar-refractivity contribution in [3.05, 3.63) is 59.2 Å². The van der Waals surface area contributed by atoms with Crippen molar-refractivity contribution in [3.8, 4) is 0 Å². The van der Waals surface area contributed by atoms with E-state index in [-0.39, 0.29) is 0 Å². The van der Waals surface area contributed by atoms with Crippen molar-refractivity contribution < 1.29 is 0 Å². The summed E-state index contributed by atoms with van der Waals surface area (Å²) in [6.45, 7) is 4.09. The van der Waals surface area contributed by atoms with Crippen LogP contribution < -0.4 is 0 Å². The summed E-state index contributed by atoms with van der Waals surface area (Å²) in [6.07, 6.45) is 5.38. The fraction of sp³-hybridized carbons (Fsp3) is 0.231. The number of hydrogen-bond acceptors (Lipinski definition) is 2. The molecule has 0 saturated carbocycles. The normalized spacial score (nSPS) is 10.3. The Morgan fingerprint density at radius 1 is 1.27 bits per heavy atom. The number of aryl methyl sites for hydroxylation is 2. The number of aromatic nitrogens is 2. The third-order valence-electron chi connectivity index (χ3n) is 2.41. The van der Waals surface area contributed by atoms with Gasteiger partial charge in [-0.2, -0.15) is 0 Å². The Labute approximate surface area is 90.0 Å². The number of hydrogen-bond donors (Lipinski definition) is 0. The molecule has 2 aromatic rings. The zero-order valence-electron chi connectivity index (χ0n) is 8.99. The Balaban J connectivity index is 2.26. The molecule has 0 bridgehead atoms. The highest BCUT2D eigenvalue weighted by molar-refractivity contribution is 5.28. The van der Waals surface area contributed by atoms with Gasteiger partial charge in [-0.3, -0.25) is 0 Å². The molecule has 0 aliphatic carbocycles. The molecule has 0 N–H and O–H groups in total. The Morgan fingerprint density at radius 2 is 2.13 bits per heavy atom. The Kier molecular flexibility index (Phi) is 2.77. The van der Waals surface area contributed by atoms with Gasteiger partial charge in [-0.1, -0.05) is 29.8 Å². The lowest BCUT2D eigenvalue weighted by molar-refractivity contribution is 1.01. The van der Waals surface area contributed by atoms with Crippen LogP contribution in [0.4, 0.5) is 0 Å². The van der Waals surface area contributed by atoms with Crippen LogP contribution in [0.2, 0.25) is 0 Å². The van der Waals surface area contributed by atoms with E-state index < -0.39 is 0 Å². The van der Waals surface area contributed by atoms with Crippen molar-refractivity contribution in [3.63, 3.8) is 0 Å². The summed E-state index contributed by atoms with van der Waals surface area (Å²) < 4.78 is 0. The Hall–Kier alpha value is -1.70. The average molecular weight is 197 g/mol. The fourth-order valence-corrected chi connectivity index (χ4v) is 1.57. The minimum Gasteiger partial charge on any atom is -0.241 e. The summed E-state index contributed by atoms with van der Waals surface area (Å²) in [7, 11) is 0. The molecule has 1 aromatic heterocycles. The Bertz CT molecular complexity index is 464. The van der Waals surface area contributed by atoms with E-state index in [4.69, 9.17) is 0 Å². The maximum Gasteiger partial charge on any atom is 0.116 e. The van der Waals surface area contributed by atoms with Crippen molar-refractivity contribution in [2.75, 3.05) is 0 Å². The number of nitrogens with zero attached hydrogens (tertiary/aromatic N) is 2. The molecule has 0 spiro atoms. The van der Waals surface area contributed by atoms with Crippen molar-refractivity contribution in [2.24, 2.45) is 0 Å². The van der Waals surface area contributed by atoms with Gasteiger partial charge in [0.05, 0.1) is 6.20 Å². The van der Waals surface area contributed by atoms with E-state index in [9.17, 15) is 0 Å². The van der Waals surface area contributed by atoms with Crippen LogP contribution in [0.1, 0.15) is 22.4 Å². The summed E-state index contributed by atoms with van der Waals surface area (Å²) in [6, 6.07) is 8.47. The monoisotopic (exact) mass is 197 g/mol. The molecule has 1 radical (unpaired) electrons. The summed E-state index contributed by atoms with van der Waals surface area (Å²) in [5.41, 5.74) is 4.64. The maximum atomic E-state index is 4.16. The highest BCUT2D eigenvalue weighted by Crippen LogP contribution is 2.11. The van der Waals surface area contributed by atoms with E-state index in [1.165, 1.54) is 17.5 Å². The molecular weight excluding hydrogens is 184 g/mol. The van der Waals surface area contributed by atoms with Crippen LogP contribution >= 0.6 is 0 Å². The summed E-state index contributed by atoms with van der Waals surface area (Å²) >= 11 is 0. The molecule has 0 saturated heterocycles. The highest BCUT2D eigenvalue weighted by atomic mass is 14.8. The first-order chi connectivity index (χ1) is 7.25. The lowest BCUT2D eigenvalue weighted by atomic mass is 10.0. The van der Waals surface area contributed by atoms with E-state index >= 15 is 0 Å². The maximum absolute atomic E-state index is 4.16. The SMILES string of the molecule is Cc1cccc(Cc2[c]ncnc2C)c1. The molecule has 2 rings (SSSR count). The minimum absolute atomic E-state index is 0.856. The van der Waals surface area contributed by atoms with Gasteiger partial charge in [0.15, 0.2) is 0 Å². The fourth-order valence-electron chi connectivity index (χ4n) is 1.57. The predicted octanol–water partition coefficient (Wildman–Crippen LogP) is 2.48. The molecule has 0 aliphatic heterocycles. The van der Waals surface area contributed by atoms with Gasteiger partial charge in [-0.05, 0) is 19.4 Å². The number of benzene rings is 1. The molecule has 0 unspecified atom stereocenters. The molecule has 2 nitrogen and oxygen atoms in total. The third kappa shape index (κ3) is 2.40. The van der Waals surface area contributed by atoms with Gasteiger partial charge >= 0.3 is 0 Å². The second-order valence-electron chi connectivity index (χ2n) is 3.72. The quantitative estimate of drug-likeness (QED) is 0.739. The van der Waals surface area contributed by atoms with Crippen LogP contribution in [-0.4, -0.2) is 9.97 Å².